The summed E-state index contributed by atoms with van der Waals surface area (Å²) in [5.74, 6) is 0.713. The molecule has 0 fully saturated rings. The fourth-order valence-electron chi connectivity index (χ4n) is 1.60. The molecule has 0 amide bonds. The van der Waals surface area contributed by atoms with E-state index in [2.05, 4.69) is 15.0 Å². The highest BCUT2D eigenvalue weighted by Crippen LogP contribution is 2.10. The third-order valence-electron chi connectivity index (χ3n) is 2.50. The number of aryl methyl sites for hydroxylation is 1. The summed E-state index contributed by atoms with van der Waals surface area (Å²) in [4.78, 5) is 11.7. The monoisotopic (exact) mass is 231 g/mol. The first kappa shape index (κ1) is 11.5. The Morgan fingerprint density at radius 1 is 1.41 bits per heavy atom. The van der Waals surface area contributed by atoms with Gasteiger partial charge in [0.05, 0.1) is 10.7 Å². The lowest BCUT2D eigenvalue weighted by Crippen LogP contribution is -2.23. The van der Waals surface area contributed by atoms with Crippen molar-refractivity contribution < 1.29 is 4.39 Å². The van der Waals surface area contributed by atoms with Gasteiger partial charge in [-0.1, -0.05) is 6.08 Å². The minimum absolute atomic E-state index is 0.505. The highest BCUT2D eigenvalue weighted by molar-refractivity contribution is 5.54. The Morgan fingerprint density at radius 2 is 2.24 bits per heavy atom. The Labute approximate surface area is 98.7 Å². The first-order chi connectivity index (χ1) is 8.24. The van der Waals surface area contributed by atoms with Crippen molar-refractivity contribution in [2.45, 2.75) is 13.8 Å². The van der Waals surface area contributed by atoms with Gasteiger partial charge in [-0.15, -0.1) is 0 Å². The molecule has 3 nitrogen and oxygen atoms in total. The lowest BCUT2D eigenvalue weighted by atomic mass is 10.2. The van der Waals surface area contributed by atoms with E-state index in [4.69, 9.17) is 0 Å². The van der Waals surface area contributed by atoms with Crippen LogP contribution in [0.4, 0.5) is 4.39 Å². The summed E-state index contributed by atoms with van der Waals surface area (Å²) in [5, 5.41) is 1.48. The molecule has 0 aliphatic heterocycles. The molecule has 0 aliphatic rings. The highest BCUT2D eigenvalue weighted by atomic mass is 19.1. The summed E-state index contributed by atoms with van der Waals surface area (Å²) in [6.07, 6.45) is 5.09. The molecule has 0 atom stereocenters. The molecular formula is C13H14FN3. The molecule has 1 N–H and O–H groups in total. The van der Waals surface area contributed by atoms with E-state index in [1.807, 2.05) is 32.1 Å². The van der Waals surface area contributed by atoms with Crippen LogP contribution >= 0.6 is 0 Å². The van der Waals surface area contributed by atoms with Gasteiger partial charge in [0, 0.05) is 17.5 Å². The van der Waals surface area contributed by atoms with E-state index in [1.165, 1.54) is 6.08 Å². The SMILES string of the molecule is C/C=c1/nc(-c2ccc(C)nc2)[nH]/c1=C/CF. The number of hydrogen-bond acceptors (Lipinski definition) is 2. The van der Waals surface area contributed by atoms with E-state index in [1.54, 1.807) is 6.20 Å². The zero-order chi connectivity index (χ0) is 12.3. The predicted octanol–water partition coefficient (Wildman–Crippen LogP) is 1.33. The molecule has 0 spiro atoms. The van der Waals surface area contributed by atoms with Gasteiger partial charge >= 0.3 is 0 Å². The van der Waals surface area contributed by atoms with Gasteiger partial charge in [-0.25, -0.2) is 9.37 Å². The molecule has 17 heavy (non-hydrogen) atoms. The van der Waals surface area contributed by atoms with Crippen LogP contribution in [0.2, 0.25) is 0 Å². The number of nitrogens with zero attached hydrogens (tertiary/aromatic N) is 2. The summed E-state index contributed by atoms with van der Waals surface area (Å²) in [6.45, 7) is 3.30. The number of alkyl halides is 1. The fourth-order valence-corrected chi connectivity index (χ4v) is 1.60. The maximum atomic E-state index is 12.3. The van der Waals surface area contributed by atoms with Crippen molar-refractivity contribution in [1.82, 2.24) is 15.0 Å². The smallest absolute Gasteiger partial charge is 0.140 e. The number of pyridine rings is 1. The van der Waals surface area contributed by atoms with Crippen LogP contribution in [-0.4, -0.2) is 21.6 Å². The van der Waals surface area contributed by atoms with Gasteiger partial charge in [-0.05, 0) is 32.1 Å². The standard InChI is InChI=1S/C13H14FN3/c1-3-11-12(6-7-14)17-13(16-11)10-5-4-9(2)15-8-10/h3-6,8H,7H2,1-2H3,(H,16,17)/b11-3+,12-6+. The molecule has 0 unspecified atom stereocenters. The maximum Gasteiger partial charge on any atom is 0.140 e. The second-order valence-electron chi connectivity index (χ2n) is 3.72. The first-order valence-electron chi connectivity index (χ1n) is 5.46. The molecule has 88 valence electrons. The Bertz CT molecular complexity index is 611. The highest BCUT2D eigenvalue weighted by Gasteiger charge is 2.02. The Kier molecular flexibility index (Phi) is 3.32. The van der Waals surface area contributed by atoms with Gasteiger partial charge in [0.2, 0.25) is 0 Å². The van der Waals surface area contributed by atoms with Gasteiger partial charge in [0.25, 0.3) is 0 Å². The Balaban J connectivity index is 2.55. The molecule has 2 rings (SSSR count). The van der Waals surface area contributed by atoms with Gasteiger partial charge in [-0.3, -0.25) is 4.98 Å². The number of hydrogen-bond donors (Lipinski definition) is 1. The number of aromatic amines is 1. The van der Waals surface area contributed by atoms with Gasteiger partial charge < -0.3 is 4.98 Å². The van der Waals surface area contributed by atoms with Gasteiger partial charge in [-0.2, -0.15) is 0 Å². The first-order valence-corrected chi connectivity index (χ1v) is 5.46. The number of imidazole rings is 1. The van der Waals surface area contributed by atoms with Crippen LogP contribution in [0.5, 0.6) is 0 Å². The topological polar surface area (TPSA) is 41.6 Å². The van der Waals surface area contributed by atoms with Crippen LogP contribution < -0.4 is 10.7 Å². The molecule has 0 bridgehead atoms. The molecule has 0 aromatic carbocycles. The lowest BCUT2D eigenvalue weighted by Gasteiger charge is -1.95. The van der Waals surface area contributed by atoms with Gasteiger partial charge in [0.1, 0.15) is 12.5 Å². The summed E-state index contributed by atoms with van der Waals surface area (Å²) in [7, 11) is 0. The molecule has 0 saturated carbocycles. The van der Waals surface area contributed by atoms with Crippen molar-refractivity contribution in [3.8, 4) is 11.4 Å². The zero-order valence-corrected chi connectivity index (χ0v) is 9.87. The largest absolute Gasteiger partial charge is 0.338 e. The molecule has 2 heterocycles. The van der Waals surface area contributed by atoms with E-state index >= 15 is 0 Å². The third kappa shape index (κ3) is 2.41. The number of H-pyrrole nitrogens is 1. The van der Waals surface area contributed by atoms with Crippen LogP contribution in [0.25, 0.3) is 23.5 Å². The molecule has 4 heteroatoms. The average Bonchev–Trinajstić information content (AvgIpc) is 2.74. The summed E-state index contributed by atoms with van der Waals surface area (Å²) in [6, 6.07) is 3.87. The van der Waals surface area contributed by atoms with E-state index in [-0.39, 0.29) is 0 Å². The van der Waals surface area contributed by atoms with Crippen LogP contribution in [-0.2, 0) is 0 Å². The van der Waals surface area contributed by atoms with E-state index in [0.29, 0.717) is 11.2 Å². The van der Waals surface area contributed by atoms with E-state index < -0.39 is 6.67 Å². The van der Waals surface area contributed by atoms with Crippen molar-refractivity contribution in [3.63, 3.8) is 0 Å². The van der Waals surface area contributed by atoms with Gasteiger partial charge in [0.15, 0.2) is 0 Å². The average molecular weight is 231 g/mol. The number of rotatable bonds is 2. The fraction of sp³-hybridized carbons (Fsp3) is 0.231. The normalized spacial score (nSPS) is 13.4. The van der Waals surface area contributed by atoms with Crippen LogP contribution in [0.1, 0.15) is 12.6 Å². The molecule has 0 saturated heterocycles. The van der Waals surface area contributed by atoms with Crippen molar-refractivity contribution >= 4 is 12.2 Å². The van der Waals surface area contributed by atoms with Crippen LogP contribution in [0.15, 0.2) is 18.3 Å². The maximum absolute atomic E-state index is 12.3. The molecular weight excluding hydrogens is 217 g/mol. The molecule has 2 aromatic rings. The summed E-state index contributed by atoms with van der Waals surface area (Å²) < 4.78 is 12.3. The molecule has 0 radical (unpaired) electrons. The summed E-state index contributed by atoms with van der Waals surface area (Å²) in [5.41, 5.74) is 1.86. The van der Waals surface area contributed by atoms with E-state index in [9.17, 15) is 4.39 Å². The van der Waals surface area contributed by atoms with Crippen molar-refractivity contribution in [2.24, 2.45) is 0 Å². The predicted molar refractivity (Wildman–Crippen MR) is 66.4 cm³/mol. The van der Waals surface area contributed by atoms with Crippen LogP contribution in [0.3, 0.4) is 0 Å². The molecule has 2 aromatic heterocycles. The minimum atomic E-state index is -0.505. The minimum Gasteiger partial charge on any atom is -0.338 e. The second kappa shape index (κ2) is 4.91. The zero-order valence-electron chi connectivity index (χ0n) is 9.87. The van der Waals surface area contributed by atoms with Crippen LogP contribution in [0, 0.1) is 6.92 Å². The second-order valence-corrected chi connectivity index (χ2v) is 3.72. The number of aromatic nitrogens is 3. The van der Waals surface area contributed by atoms with Crippen molar-refractivity contribution in [3.05, 3.63) is 34.7 Å². The Hall–Kier alpha value is -1.97. The third-order valence-corrected chi connectivity index (χ3v) is 2.50. The van der Waals surface area contributed by atoms with Crippen molar-refractivity contribution in [2.75, 3.05) is 6.67 Å². The molecule has 0 aliphatic carbocycles. The quantitative estimate of drug-likeness (QED) is 0.847. The van der Waals surface area contributed by atoms with Crippen molar-refractivity contribution in [1.29, 1.82) is 0 Å². The Morgan fingerprint density at radius 3 is 2.82 bits per heavy atom. The van der Waals surface area contributed by atoms with E-state index in [0.717, 1.165) is 16.6 Å². The summed E-state index contributed by atoms with van der Waals surface area (Å²) >= 11 is 0. The number of nitrogens with one attached hydrogen (secondary N) is 1. The lowest BCUT2D eigenvalue weighted by molar-refractivity contribution is 0.578. The number of halogens is 1.